The Morgan fingerprint density at radius 1 is 1.14 bits per heavy atom. The summed E-state index contributed by atoms with van der Waals surface area (Å²) < 4.78 is 37.8. The smallest absolute Gasteiger partial charge is 0.297 e. The number of nitro benzene ring substituents is 1. The molecular formula is C17H17N2O8S-. The fourth-order valence-electron chi connectivity index (χ4n) is 2.63. The van der Waals surface area contributed by atoms with Crippen LogP contribution in [0.1, 0.15) is 11.1 Å². The van der Waals surface area contributed by atoms with Crippen molar-refractivity contribution in [2.24, 2.45) is 0 Å². The predicted octanol–water partition coefficient (Wildman–Crippen LogP) is 1.15. The van der Waals surface area contributed by atoms with Crippen LogP contribution in [0.5, 0.6) is 11.5 Å². The van der Waals surface area contributed by atoms with Crippen molar-refractivity contribution in [2.45, 2.75) is 18.7 Å². The molecule has 0 aliphatic rings. The van der Waals surface area contributed by atoms with Gasteiger partial charge >= 0.3 is 0 Å². The van der Waals surface area contributed by atoms with Crippen LogP contribution in [0.15, 0.2) is 35.2 Å². The van der Waals surface area contributed by atoms with E-state index in [0.29, 0.717) is 0 Å². The number of carbonyl (C=O) groups excluding carboxylic acids is 1. The van der Waals surface area contributed by atoms with Crippen LogP contribution < -0.4 is 19.3 Å². The van der Waals surface area contributed by atoms with Crippen LogP contribution in [0, 0.1) is 24.0 Å². The van der Waals surface area contributed by atoms with E-state index in [1.807, 2.05) is 0 Å². The fraction of sp³-hybridized carbons (Fsp3) is 0.235. The highest BCUT2D eigenvalue weighted by Gasteiger charge is 2.25. The number of rotatable bonds is 8. The van der Waals surface area contributed by atoms with Crippen LogP contribution in [0.4, 0.5) is 11.4 Å². The Kier molecular flexibility index (Phi) is 6.09. The number of anilines is 1. The first-order valence-corrected chi connectivity index (χ1v) is 9.32. The highest BCUT2D eigenvalue weighted by molar-refractivity contribution is 7.92. The molecule has 0 bridgehead atoms. The summed E-state index contributed by atoms with van der Waals surface area (Å²) in [6.45, 7) is 2.31. The van der Waals surface area contributed by atoms with E-state index in [9.17, 15) is 28.4 Å². The van der Waals surface area contributed by atoms with Crippen molar-refractivity contribution in [1.82, 2.24) is 0 Å². The molecule has 0 saturated carbocycles. The van der Waals surface area contributed by atoms with Crippen molar-refractivity contribution in [3.8, 4) is 11.5 Å². The molecule has 1 N–H and O–H groups in total. The van der Waals surface area contributed by atoms with Gasteiger partial charge in [-0.05, 0) is 49.2 Å². The van der Waals surface area contributed by atoms with Gasteiger partial charge in [0.25, 0.3) is 15.7 Å². The highest BCUT2D eigenvalue weighted by Crippen LogP contribution is 2.33. The topological polar surface area (TPSA) is 148 Å². The number of hydrogen-bond donors (Lipinski definition) is 1. The minimum Gasteiger partial charge on any atom is -0.546 e. The molecule has 0 saturated heterocycles. The van der Waals surface area contributed by atoms with Gasteiger partial charge < -0.3 is 19.4 Å². The van der Waals surface area contributed by atoms with Crippen LogP contribution in [0.3, 0.4) is 0 Å². The summed E-state index contributed by atoms with van der Waals surface area (Å²) in [5, 5.41) is 21.8. The number of ether oxygens (including phenoxy) is 2. The second-order valence-corrected chi connectivity index (χ2v) is 7.41. The van der Waals surface area contributed by atoms with E-state index in [-0.39, 0.29) is 33.2 Å². The molecule has 0 amide bonds. The molecular weight excluding hydrogens is 392 g/mol. The Hall–Kier alpha value is -3.34. The Morgan fingerprint density at radius 3 is 2.25 bits per heavy atom. The minimum atomic E-state index is -4.18. The molecule has 11 heteroatoms. The molecule has 0 radical (unpaired) electrons. The van der Waals surface area contributed by atoms with Gasteiger partial charge in [0.1, 0.15) is 23.8 Å². The van der Waals surface area contributed by atoms with Crippen molar-refractivity contribution in [1.29, 1.82) is 0 Å². The number of nitrogens with one attached hydrogen (secondary N) is 1. The first kappa shape index (κ1) is 21.0. The molecule has 0 aliphatic heterocycles. The first-order valence-electron chi connectivity index (χ1n) is 7.84. The van der Waals surface area contributed by atoms with Gasteiger partial charge in [-0.2, -0.15) is 0 Å². The predicted molar refractivity (Wildman–Crippen MR) is 96.9 cm³/mol. The number of carbonyl (C=O) groups is 1. The number of nitro groups is 1. The third-order valence-electron chi connectivity index (χ3n) is 3.71. The summed E-state index contributed by atoms with van der Waals surface area (Å²) >= 11 is 0. The normalized spacial score (nSPS) is 11.0. The number of carboxylic acid groups (broad SMARTS) is 1. The average molecular weight is 409 g/mol. The van der Waals surface area contributed by atoms with Crippen molar-refractivity contribution in [2.75, 3.05) is 18.4 Å². The summed E-state index contributed by atoms with van der Waals surface area (Å²) in [5.74, 6) is -1.05. The van der Waals surface area contributed by atoms with E-state index in [1.54, 1.807) is 0 Å². The largest absolute Gasteiger partial charge is 0.546 e. The van der Waals surface area contributed by atoms with Gasteiger partial charge in [-0.15, -0.1) is 0 Å². The highest BCUT2D eigenvalue weighted by atomic mass is 32.2. The molecule has 0 spiro atoms. The SMILES string of the molecule is COc1ccc(NS(=O)(=O)c2c(C)cc(OCC(=O)[O-])cc2C)c([N+](=O)[O-])c1. The molecule has 0 unspecified atom stereocenters. The number of hydrogen-bond acceptors (Lipinski definition) is 8. The zero-order valence-corrected chi connectivity index (χ0v) is 16.0. The maximum atomic E-state index is 12.8. The number of benzene rings is 2. The second-order valence-electron chi connectivity index (χ2n) is 5.79. The molecule has 0 heterocycles. The number of methoxy groups -OCH3 is 1. The molecule has 150 valence electrons. The lowest BCUT2D eigenvalue weighted by molar-refractivity contribution is -0.384. The van der Waals surface area contributed by atoms with Crippen LogP contribution in [0.2, 0.25) is 0 Å². The monoisotopic (exact) mass is 409 g/mol. The van der Waals surface area contributed by atoms with Gasteiger partial charge in [-0.25, -0.2) is 8.42 Å². The zero-order chi connectivity index (χ0) is 21.1. The fourth-order valence-corrected chi connectivity index (χ4v) is 4.16. The van der Waals surface area contributed by atoms with Crippen LogP contribution in [-0.4, -0.2) is 33.0 Å². The van der Waals surface area contributed by atoms with Crippen LogP contribution >= 0.6 is 0 Å². The lowest BCUT2D eigenvalue weighted by Crippen LogP contribution is -2.29. The Bertz CT molecular complexity index is 1010. The van der Waals surface area contributed by atoms with Crippen LogP contribution in [-0.2, 0) is 14.8 Å². The Morgan fingerprint density at radius 2 is 1.75 bits per heavy atom. The Labute approximate surface area is 160 Å². The maximum Gasteiger partial charge on any atom is 0.297 e. The van der Waals surface area contributed by atoms with Gasteiger partial charge in [0.15, 0.2) is 0 Å². The summed E-state index contributed by atoms with van der Waals surface area (Å²) in [6, 6.07) is 6.44. The van der Waals surface area contributed by atoms with E-state index < -0.39 is 33.2 Å². The van der Waals surface area contributed by atoms with Gasteiger partial charge in [-0.3, -0.25) is 14.8 Å². The maximum absolute atomic E-state index is 12.8. The number of aryl methyl sites for hydroxylation is 2. The minimum absolute atomic E-state index is 0.0987. The third-order valence-corrected chi connectivity index (χ3v) is 5.38. The van der Waals surface area contributed by atoms with Gasteiger partial charge in [0, 0.05) is 0 Å². The quantitative estimate of drug-likeness (QED) is 0.504. The molecule has 0 aromatic heterocycles. The zero-order valence-electron chi connectivity index (χ0n) is 15.2. The molecule has 0 atom stereocenters. The summed E-state index contributed by atoms with van der Waals surface area (Å²) in [7, 11) is -2.84. The lowest BCUT2D eigenvalue weighted by Gasteiger charge is -2.15. The summed E-state index contributed by atoms with van der Waals surface area (Å²) in [5.41, 5.74) is -0.136. The van der Waals surface area contributed by atoms with Gasteiger partial charge in [-0.1, -0.05) is 0 Å². The van der Waals surface area contributed by atoms with Crippen LogP contribution in [0.25, 0.3) is 0 Å². The van der Waals surface area contributed by atoms with E-state index in [2.05, 4.69) is 4.72 Å². The number of sulfonamides is 1. The molecule has 2 rings (SSSR count). The molecule has 10 nitrogen and oxygen atoms in total. The van der Waals surface area contributed by atoms with Crippen molar-refractivity contribution >= 4 is 27.4 Å². The molecule has 28 heavy (non-hydrogen) atoms. The Balaban J connectivity index is 2.43. The standard InChI is InChI=1S/C17H18N2O8S/c1-10-6-13(27-9-16(20)21)7-11(2)17(10)28(24,25)18-14-5-4-12(26-3)8-15(14)19(22)23/h4-8,18H,9H2,1-3H3,(H,20,21)/p-1. The molecule has 0 aliphatic carbocycles. The molecule has 2 aromatic rings. The average Bonchev–Trinajstić information content (AvgIpc) is 2.58. The summed E-state index contributed by atoms with van der Waals surface area (Å²) in [6.07, 6.45) is 0. The van der Waals surface area contributed by atoms with Crippen molar-refractivity contribution in [3.63, 3.8) is 0 Å². The van der Waals surface area contributed by atoms with Crippen molar-refractivity contribution in [3.05, 3.63) is 51.6 Å². The molecule has 0 fully saturated rings. The number of aliphatic carboxylic acids is 1. The number of nitrogens with zero attached hydrogens (tertiary/aromatic N) is 1. The van der Waals surface area contributed by atoms with E-state index >= 15 is 0 Å². The van der Waals surface area contributed by atoms with E-state index in [1.165, 1.54) is 45.2 Å². The molecule has 2 aromatic carbocycles. The van der Waals surface area contributed by atoms with E-state index in [4.69, 9.17) is 9.47 Å². The van der Waals surface area contributed by atoms with Crippen molar-refractivity contribution < 1.29 is 32.7 Å². The second kappa shape index (κ2) is 8.13. The first-order chi connectivity index (χ1) is 13.0. The van der Waals surface area contributed by atoms with E-state index in [0.717, 1.165) is 6.07 Å². The third kappa shape index (κ3) is 4.68. The number of carboxylic acids is 1. The van der Waals surface area contributed by atoms with Gasteiger partial charge in [0.05, 0.1) is 29.0 Å². The van der Waals surface area contributed by atoms with Gasteiger partial charge in [0.2, 0.25) is 0 Å². The summed E-state index contributed by atoms with van der Waals surface area (Å²) in [4.78, 5) is 20.9. The lowest BCUT2D eigenvalue weighted by atomic mass is 10.1.